The number of carboxylic acids is 1. The number of thiol groups is 1. The highest BCUT2D eigenvalue weighted by molar-refractivity contribution is 7.80. The van der Waals surface area contributed by atoms with Gasteiger partial charge in [-0.25, -0.2) is 0 Å². The van der Waals surface area contributed by atoms with Gasteiger partial charge in [-0.2, -0.15) is 12.6 Å². The third-order valence-electron chi connectivity index (χ3n) is 1.53. The Morgan fingerprint density at radius 3 is 2.40 bits per heavy atom. The molecule has 0 aromatic rings. The molecule has 3 N–H and O–H groups in total. The second-order valence-corrected chi connectivity index (χ2v) is 2.78. The number of amides is 1. The summed E-state index contributed by atoms with van der Waals surface area (Å²) in [6, 6.07) is -0.269. The number of aliphatic carboxylic acids is 1. The molecule has 0 aliphatic carbocycles. The maximum atomic E-state index is 10.1. The molecule has 1 atom stereocenters. The number of hydrogen-bond donors (Lipinski definition) is 4. The summed E-state index contributed by atoms with van der Waals surface area (Å²) >= 11 is 3.66. The zero-order valence-corrected chi connectivity index (χ0v) is 10.1. The van der Waals surface area contributed by atoms with Gasteiger partial charge in [-0.3, -0.25) is 9.59 Å². The van der Waals surface area contributed by atoms with Crippen molar-refractivity contribution in [1.82, 2.24) is 10.6 Å². The average Bonchev–Trinajstić information content (AvgIpc) is 2.76. The van der Waals surface area contributed by atoms with Crippen molar-refractivity contribution in [2.45, 2.75) is 32.7 Å². The number of rotatable bonds is 3. The van der Waals surface area contributed by atoms with Crippen LogP contribution in [0.25, 0.3) is 0 Å². The Kier molecular flexibility index (Phi) is 14.7. The minimum Gasteiger partial charge on any atom is -0.480 e. The highest BCUT2D eigenvalue weighted by Gasteiger charge is 2.20. The van der Waals surface area contributed by atoms with Crippen molar-refractivity contribution in [3.8, 4) is 0 Å². The normalized spacial score (nSPS) is 17.7. The predicted octanol–water partition coefficient (Wildman–Crippen LogP) is 0.469. The van der Waals surface area contributed by atoms with Crippen molar-refractivity contribution in [2.75, 3.05) is 12.4 Å². The van der Waals surface area contributed by atoms with Crippen LogP contribution >= 0.6 is 12.6 Å². The minimum atomic E-state index is -0.720. The van der Waals surface area contributed by atoms with E-state index in [-0.39, 0.29) is 6.04 Å². The lowest BCUT2D eigenvalue weighted by molar-refractivity contribution is -0.139. The van der Waals surface area contributed by atoms with Gasteiger partial charge in [0.2, 0.25) is 6.41 Å². The smallest absolute Gasteiger partial charge is 0.320 e. The minimum absolute atomic E-state index is 0.269. The molecular weight excluding hydrogens is 216 g/mol. The van der Waals surface area contributed by atoms with E-state index in [2.05, 4.69) is 23.3 Å². The topological polar surface area (TPSA) is 78.4 Å². The fourth-order valence-corrected chi connectivity index (χ4v) is 1.01. The maximum Gasteiger partial charge on any atom is 0.320 e. The molecule has 0 radical (unpaired) electrons. The van der Waals surface area contributed by atoms with E-state index in [9.17, 15) is 9.59 Å². The fourth-order valence-electron chi connectivity index (χ4n) is 0.933. The van der Waals surface area contributed by atoms with Gasteiger partial charge >= 0.3 is 5.97 Å². The monoisotopic (exact) mass is 236 g/mol. The summed E-state index contributed by atoms with van der Waals surface area (Å²) < 4.78 is 0. The average molecular weight is 236 g/mol. The molecule has 0 bridgehead atoms. The van der Waals surface area contributed by atoms with Crippen LogP contribution in [0.1, 0.15) is 26.7 Å². The van der Waals surface area contributed by atoms with Gasteiger partial charge in [0.25, 0.3) is 0 Å². The summed E-state index contributed by atoms with van der Waals surface area (Å²) in [5.41, 5.74) is 0. The van der Waals surface area contributed by atoms with Crippen molar-refractivity contribution in [1.29, 1.82) is 0 Å². The van der Waals surface area contributed by atoms with Crippen LogP contribution in [-0.2, 0) is 9.59 Å². The van der Waals surface area contributed by atoms with E-state index in [1.165, 1.54) is 0 Å². The van der Waals surface area contributed by atoms with Crippen LogP contribution in [0, 0.1) is 0 Å². The zero-order valence-electron chi connectivity index (χ0n) is 9.19. The molecule has 15 heavy (non-hydrogen) atoms. The van der Waals surface area contributed by atoms with E-state index < -0.39 is 5.97 Å². The Hall–Kier alpha value is -0.750. The first-order valence-electron chi connectivity index (χ1n) is 4.96. The van der Waals surface area contributed by atoms with Crippen LogP contribution in [0.2, 0.25) is 0 Å². The van der Waals surface area contributed by atoms with Crippen LogP contribution in [0.4, 0.5) is 0 Å². The van der Waals surface area contributed by atoms with E-state index in [1.54, 1.807) is 0 Å². The third kappa shape index (κ3) is 11.2. The molecule has 0 saturated carbocycles. The lowest BCUT2D eigenvalue weighted by atomic mass is 10.2. The largest absolute Gasteiger partial charge is 0.480 e. The Morgan fingerprint density at radius 1 is 1.67 bits per heavy atom. The molecule has 1 saturated heterocycles. The first kappa shape index (κ1) is 16.7. The number of nitrogens with one attached hydrogen (secondary N) is 2. The molecule has 5 nitrogen and oxygen atoms in total. The van der Waals surface area contributed by atoms with E-state index in [0.29, 0.717) is 12.3 Å². The zero-order chi connectivity index (χ0) is 12.1. The standard InChI is InChI=1S/C5H9NO2.C2H5NOS.C2H6/c7-5(8)4-2-1-3-6-4;4-1-3-2-5;1-2/h4,6H,1-3H2,(H,7,8);1,5H,2H2,(H,3,4);1-2H3. The van der Waals surface area contributed by atoms with Crippen molar-refractivity contribution >= 4 is 25.0 Å². The van der Waals surface area contributed by atoms with Crippen LogP contribution in [-0.4, -0.2) is 35.9 Å². The van der Waals surface area contributed by atoms with Crippen LogP contribution in [0.15, 0.2) is 0 Å². The first-order chi connectivity index (χ1) is 7.22. The molecule has 1 unspecified atom stereocenters. The second-order valence-electron chi connectivity index (χ2n) is 2.47. The van der Waals surface area contributed by atoms with Crippen LogP contribution in [0.5, 0.6) is 0 Å². The van der Waals surface area contributed by atoms with Gasteiger partial charge < -0.3 is 15.7 Å². The number of carbonyl (C=O) groups is 2. The third-order valence-corrected chi connectivity index (χ3v) is 1.72. The first-order valence-corrected chi connectivity index (χ1v) is 5.59. The lowest BCUT2D eigenvalue weighted by Crippen LogP contribution is -2.29. The molecule has 1 rings (SSSR count). The van der Waals surface area contributed by atoms with Crippen molar-refractivity contribution in [3.05, 3.63) is 0 Å². The van der Waals surface area contributed by atoms with Crippen molar-refractivity contribution in [3.63, 3.8) is 0 Å². The molecule has 0 aromatic heterocycles. The molecule has 1 heterocycles. The Labute approximate surface area is 96.0 Å². The Morgan fingerprint density at radius 2 is 2.27 bits per heavy atom. The molecular formula is C9H20N2O3S. The highest BCUT2D eigenvalue weighted by atomic mass is 32.1. The summed E-state index contributed by atoms with van der Waals surface area (Å²) in [6.07, 6.45) is 2.39. The van der Waals surface area contributed by atoms with E-state index in [4.69, 9.17) is 5.11 Å². The Bertz CT molecular complexity index is 161. The highest BCUT2D eigenvalue weighted by Crippen LogP contribution is 2.03. The van der Waals surface area contributed by atoms with Gasteiger partial charge in [0, 0.05) is 0 Å². The summed E-state index contributed by atoms with van der Waals surface area (Å²) in [7, 11) is 0. The molecule has 0 aromatic carbocycles. The van der Waals surface area contributed by atoms with Crippen LogP contribution in [0.3, 0.4) is 0 Å². The van der Waals surface area contributed by atoms with Gasteiger partial charge in [0.1, 0.15) is 6.04 Å². The molecule has 1 fully saturated rings. The van der Waals surface area contributed by atoms with Crippen molar-refractivity contribution in [2.24, 2.45) is 0 Å². The number of carboxylic acid groups (broad SMARTS) is 1. The van der Waals surface area contributed by atoms with E-state index in [0.717, 1.165) is 19.4 Å². The second kappa shape index (κ2) is 13.2. The number of carbonyl (C=O) groups excluding carboxylic acids is 1. The van der Waals surface area contributed by atoms with E-state index in [1.807, 2.05) is 13.8 Å². The van der Waals surface area contributed by atoms with Gasteiger partial charge in [-0.1, -0.05) is 13.8 Å². The van der Waals surface area contributed by atoms with Crippen LogP contribution < -0.4 is 10.6 Å². The molecule has 1 aliphatic rings. The molecule has 90 valence electrons. The fraction of sp³-hybridized carbons (Fsp3) is 0.778. The van der Waals surface area contributed by atoms with Crippen molar-refractivity contribution < 1.29 is 14.7 Å². The molecule has 6 heteroatoms. The van der Waals surface area contributed by atoms with Gasteiger partial charge in [0.05, 0.1) is 5.88 Å². The quantitative estimate of drug-likeness (QED) is 0.326. The molecule has 1 aliphatic heterocycles. The van der Waals surface area contributed by atoms with E-state index >= 15 is 0 Å². The van der Waals surface area contributed by atoms with Gasteiger partial charge in [-0.15, -0.1) is 0 Å². The summed E-state index contributed by atoms with van der Waals surface area (Å²) in [5, 5.41) is 13.5. The van der Waals surface area contributed by atoms with Gasteiger partial charge in [-0.05, 0) is 19.4 Å². The molecule has 0 spiro atoms. The maximum absolute atomic E-state index is 10.1. The SMILES string of the molecule is CC.O=C(O)C1CCCN1.O=CNCS. The summed E-state index contributed by atoms with van der Waals surface area (Å²) in [5.74, 6) is -0.300. The number of hydrogen-bond acceptors (Lipinski definition) is 4. The summed E-state index contributed by atoms with van der Waals surface area (Å²) in [6.45, 7) is 4.86. The molecule has 1 amide bonds. The Balaban J connectivity index is 0. The van der Waals surface area contributed by atoms with Gasteiger partial charge in [0.15, 0.2) is 0 Å². The predicted molar refractivity (Wildman–Crippen MR) is 63.1 cm³/mol. The summed E-state index contributed by atoms with van der Waals surface area (Å²) in [4.78, 5) is 19.4. The lowest BCUT2D eigenvalue weighted by Gasteiger charge is -1.99.